The van der Waals surface area contributed by atoms with E-state index in [2.05, 4.69) is 15.3 Å². The Hall–Kier alpha value is -3.38. The molecule has 2 aromatic rings. The lowest BCUT2D eigenvalue weighted by atomic mass is 9.84. The van der Waals surface area contributed by atoms with Crippen molar-refractivity contribution in [2.24, 2.45) is 5.73 Å². The van der Waals surface area contributed by atoms with Gasteiger partial charge in [0.15, 0.2) is 5.82 Å². The van der Waals surface area contributed by atoms with Crippen LogP contribution in [-0.2, 0) is 11.2 Å². The van der Waals surface area contributed by atoms with Gasteiger partial charge in [-0.25, -0.2) is 9.97 Å². The zero-order valence-corrected chi connectivity index (χ0v) is 18.9. The van der Waals surface area contributed by atoms with E-state index in [4.69, 9.17) is 10.5 Å². The number of rotatable bonds is 6. The number of hydrogen-bond acceptors (Lipinski definition) is 8. The average Bonchev–Trinajstić information content (AvgIpc) is 3.13. The number of hydrogen-bond donors (Lipinski definition) is 3. The molecule has 0 bridgehead atoms. The van der Waals surface area contributed by atoms with Crippen LogP contribution >= 0.6 is 0 Å². The quantitative estimate of drug-likeness (QED) is 0.522. The number of aromatic nitrogens is 2. The molecule has 1 unspecified atom stereocenters. The number of piperazine rings is 1. The SMILES string of the molecule is C[C@]1(CO)Cc2cc(NC(=O)C(=CN)c3ncccn3)c(N3C[C@@H]4C3CN4CC(F)(F)F)cc2O1. The third kappa shape index (κ3) is 4.27. The molecule has 1 aromatic heterocycles. The van der Waals surface area contributed by atoms with Crippen LogP contribution in [0.15, 0.2) is 36.8 Å². The minimum Gasteiger partial charge on any atom is -0.484 e. The highest BCUT2D eigenvalue weighted by Gasteiger charge is 2.54. The molecule has 0 saturated carbocycles. The van der Waals surface area contributed by atoms with E-state index < -0.39 is 24.2 Å². The lowest BCUT2D eigenvalue weighted by Crippen LogP contribution is -2.79. The second kappa shape index (κ2) is 8.38. The molecule has 0 spiro atoms. The number of likely N-dealkylation sites (tertiary alicyclic amines) is 1. The van der Waals surface area contributed by atoms with Crippen LogP contribution in [0, 0.1) is 0 Å². The van der Waals surface area contributed by atoms with Crippen LogP contribution in [0.1, 0.15) is 18.3 Å². The minimum atomic E-state index is -4.24. The van der Waals surface area contributed by atoms with Gasteiger partial charge in [-0.2, -0.15) is 13.2 Å². The molecule has 2 fully saturated rings. The van der Waals surface area contributed by atoms with Gasteiger partial charge in [0, 0.05) is 55.8 Å². The van der Waals surface area contributed by atoms with Crippen molar-refractivity contribution in [2.75, 3.05) is 36.5 Å². The number of halogens is 3. The van der Waals surface area contributed by atoms with Crippen LogP contribution in [0.2, 0.25) is 0 Å². The number of carbonyl (C=O) groups is 1. The number of benzene rings is 1. The third-order valence-corrected chi connectivity index (χ3v) is 6.71. The summed E-state index contributed by atoms with van der Waals surface area (Å²) >= 11 is 0. The van der Waals surface area contributed by atoms with E-state index in [1.54, 1.807) is 25.1 Å². The van der Waals surface area contributed by atoms with Crippen molar-refractivity contribution in [2.45, 2.75) is 37.2 Å². The number of nitrogens with one attached hydrogen (secondary N) is 1. The van der Waals surface area contributed by atoms with Crippen LogP contribution in [0.3, 0.4) is 0 Å². The van der Waals surface area contributed by atoms with Gasteiger partial charge in [0.25, 0.3) is 5.91 Å². The normalized spacial score (nSPS) is 25.7. The first-order valence-corrected chi connectivity index (χ1v) is 11.2. The van der Waals surface area contributed by atoms with E-state index in [1.165, 1.54) is 17.3 Å². The molecule has 4 heterocycles. The lowest BCUT2D eigenvalue weighted by molar-refractivity contribution is -0.170. The number of anilines is 2. The first kappa shape index (κ1) is 23.4. The van der Waals surface area contributed by atoms with E-state index in [9.17, 15) is 23.1 Å². The van der Waals surface area contributed by atoms with Gasteiger partial charge in [0.1, 0.15) is 11.4 Å². The summed E-state index contributed by atoms with van der Waals surface area (Å²) in [5.41, 5.74) is 6.90. The Balaban J connectivity index is 1.42. The standard InChI is InChI=1S/C23H25F3N6O3/c1-22(12-33)7-13-5-15(30-21(34)14(8-27)20-28-3-2-4-29-20)16(6-19(13)35-22)32-10-17-18(32)9-31(17)11-23(24,25)26/h2-6,8,17-18,33H,7,9-12,27H2,1H3,(H,30,34)/t17-,18?,22-/m1/s1. The van der Waals surface area contributed by atoms with E-state index in [0.29, 0.717) is 30.1 Å². The number of fused-ring (bicyclic) bond motifs is 2. The van der Waals surface area contributed by atoms with E-state index >= 15 is 0 Å². The van der Waals surface area contributed by atoms with Gasteiger partial charge < -0.3 is 25.8 Å². The molecule has 5 rings (SSSR count). The predicted octanol–water partition coefficient (Wildman–Crippen LogP) is 1.54. The third-order valence-electron chi connectivity index (χ3n) is 6.71. The van der Waals surface area contributed by atoms with Crippen LogP contribution in [0.5, 0.6) is 5.75 Å². The summed E-state index contributed by atoms with van der Waals surface area (Å²) in [4.78, 5) is 24.7. The fourth-order valence-electron chi connectivity index (χ4n) is 4.89. The summed E-state index contributed by atoms with van der Waals surface area (Å²) in [6, 6.07) is 4.88. The smallest absolute Gasteiger partial charge is 0.401 e. The second-order valence-corrected chi connectivity index (χ2v) is 9.30. The maximum Gasteiger partial charge on any atom is 0.401 e. The summed E-state index contributed by atoms with van der Waals surface area (Å²) in [6.07, 6.45) is 0.317. The summed E-state index contributed by atoms with van der Waals surface area (Å²) in [5.74, 6) is 0.218. The van der Waals surface area contributed by atoms with Crippen molar-refractivity contribution in [1.82, 2.24) is 14.9 Å². The number of nitrogens with two attached hydrogens (primary N) is 1. The molecule has 2 saturated heterocycles. The molecule has 0 radical (unpaired) electrons. The second-order valence-electron chi connectivity index (χ2n) is 9.30. The molecule has 1 amide bonds. The Bertz CT molecular complexity index is 1180. The molecule has 3 aliphatic rings. The topological polar surface area (TPSA) is 117 Å². The largest absolute Gasteiger partial charge is 0.484 e. The van der Waals surface area contributed by atoms with Crippen molar-refractivity contribution >= 4 is 22.9 Å². The number of nitrogens with zero attached hydrogens (tertiary/aromatic N) is 4. The molecular formula is C23H25F3N6O3. The number of alkyl halides is 3. The Labute approximate surface area is 199 Å². The molecule has 4 N–H and O–H groups in total. The van der Waals surface area contributed by atoms with Gasteiger partial charge in [-0.05, 0) is 19.1 Å². The molecule has 35 heavy (non-hydrogen) atoms. The summed E-state index contributed by atoms with van der Waals surface area (Å²) in [7, 11) is 0. The molecule has 9 nitrogen and oxygen atoms in total. The maximum atomic E-state index is 13.1. The van der Waals surface area contributed by atoms with E-state index in [-0.39, 0.29) is 36.6 Å². The zero-order chi connectivity index (χ0) is 25.0. The molecule has 12 heteroatoms. The van der Waals surface area contributed by atoms with Gasteiger partial charge in [-0.1, -0.05) is 0 Å². The van der Waals surface area contributed by atoms with Gasteiger partial charge >= 0.3 is 6.18 Å². The van der Waals surface area contributed by atoms with Crippen molar-refractivity contribution in [3.8, 4) is 5.75 Å². The van der Waals surface area contributed by atoms with Gasteiger partial charge in [0.05, 0.1) is 36.1 Å². The van der Waals surface area contributed by atoms with Crippen molar-refractivity contribution in [3.63, 3.8) is 0 Å². The number of aliphatic hydroxyl groups excluding tert-OH is 1. The number of ether oxygens (including phenoxy) is 1. The molecule has 3 atom stereocenters. The van der Waals surface area contributed by atoms with Crippen LogP contribution in [-0.4, -0.2) is 76.0 Å². The molecule has 186 valence electrons. The highest BCUT2D eigenvalue weighted by atomic mass is 19.4. The van der Waals surface area contributed by atoms with Gasteiger partial charge in [-0.15, -0.1) is 0 Å². The molecular weight excluding hydrogens is 465 g/mol. The Kier molecular flexibility index (Phi) is 5.59. The van der Waals surface area contributed by atoms with Gasteiger partial charge in [0.2, 0.25) is 0 Å². The Morgan fingerprint density at radius 2 is 2.06 bits per heavy atom. The summed E-state index contributed by atoms with van der Waals surface area (Å²) in [6.45, 7) is 1.32. The van der Waals surface area contributed by atoms with E-state index in [1.807, 2.05) is 4.90 Å². The van der Waals surface area contributed by atoms with Gasteiger partial charge in [-0.3, -0.25) is 9.69 Å². The minimum absolute atomic E-state index is 0.0787. The molecule has 3 aliphatic heterocycles. The number of carbonyl (C=O) groups excluding carboxylic acids is 1. The first-order chi connectivity index (χ1) is 16.6. The monoisotopic (exact) mass is 490 g/mol. The van der Waals surface area contributed by atoms with Crippen molar-refractivity contribution < 1.29 is 27.8 Å². The maximum absolute atomic E-state index is 13.1. The summed E-state index contributed by atoms with van der Waals surface area (Å²) < 4.78 is 44.4. The van der Waals surface area contributed by atoms with Crippen LogP contribution in [0.25, 0.3) is 5.57 Å². The fourth-order valence-corrected chi connectivity index (χ4v) is 4.89. The van der Waals surface area contributed by atoms with Crippen LogP contribution in [0.4, 0.5) is 24.5 Å². The average molecular weight is 490 g/mol. The fraction of sp³-hybridized carbons (Fsp3) is 0.435. The lowest BCUT2D eigenvalue weighted by Gasteiger charge is -2.63. The van der Waals surface area contributed by atoms with Crippen LogP contribution < -0.4 is 20.7 Å². The number of amides is 1. The summed E-state index contributed by atoms with van der Waals surface area (Å²) in [5, 5.41) is 12.6. The highest BCUT2D eigenvalue weighted by Crippen LogP contribution is 2.46. The van der Waals surface area contributed by atoms with E-state index in [0.717, 1.165) is 11.8 Å². The predicted molar refractivity (Wildman–Crippen MR) is 122 cm³/mol. The Morgan fingerprint density at radius 3 is 2.66 bits per heavy atom. The zero-order valence-electron chi connectivity index (χ0n) is 18.9. The first-order valence-electron chi connectivity index (χ1n) is 11.2. The number of aliphatic hydroxyl groups is 1. The Morgan fingerprint density at radius 1 is 1.31 bits per heavy atom. The molecule has 1 aromatic carbocycles. The van der Waals surface area contributed by atoms with Crippen molar-refractivity contribution in [1.29, 1.82) is 0 Å². The molecule has 0 aliphatic carbocycles. The highest BCUT2D eigenvalue weighted by molar-refractivity contribution is 6.24. The van der Waals surface area contributed by atoms with Crippen molar-refractivity contribution in [3.05, 3.63) is 48.2 Å².